The summed E-state index contributed by atoms with van der Waals surface area (Å²) in [6, 6.07) is 15.2. The van der Waals surface area contributed by atoms with E-state index >= 15 is 0 Å². The van der Waals surface area contributed by atoms with Crippen LogP contribution in [0.4, 0.5) is 0 Å². The molecular formula is C23H23ClN4O3. The minimum absolute atomic E-state index is 0.147. The smallest absolute Gasteiger partial charge is 0.364 e. The number of ether oxygens (including phenoxy) is 2. The van der Waals surface area contributed by atoms with Crippen molar-refractivity contribution in [2.75, 3.05) is 6.61 Å². The minimum Gasteiger partial charge on any atom is -0.493 e. The number of H-pyrrole nitrogens is 1. The quantitative estimate of drug-likeness (QED) is 0.461. The van der Waals surface area contributed by atoms with E-state index in [4.69, 9.17) is 21.1 Å². The van der Waals surface area contributed by atoms with Gasteiger partial charge in [-0.15, -0.1) is 0 Å². The monoisotopic (exact) mass is 438 g/mol. The third-order valence-electron chi connectivity index (χ3n) is 4.95. The van der Waals surface area contributed by atoms with Crippen molar-refractivity contribution in [1.82, 2.24) is 19.6 Å². The summed E-state index contributed by atoms with van der Waals surface area (Å²) in [7, 11) is 1.67. The van der Waals surface area contributed by atoms with Crippen molar-refractivity contribution in [3.05, 3.63) is 81.4 Å². The molecule has 2 aromatic heterocycles. The summed E-state index contributed by atoms with van der Waals surface area (Å²) in [5.74, 6) is 1.43. The van der Waals surface area contributed by atoms with E-state index in [0.29, 0.717) is 23.1 Å². The molecule has 0 unspecified atom stereocenters. The Kier molecular flexibility index (Phi) is 5.86. The average molecular weight is 439 g/mol. The van der Waals surface area contributed by atoms with Gasteiger partial charge in [0, 0.05) is 18.8 Å². The van der Waals surface area contributed by atoms with Crippen LogP contribution in [0.5, 0.6) is 11.5 Å². The van der Waals surface area contributed by atoms with Gasteiger partial charge in [0.05, 0.1) is 28.6 Å². The number of pyridine rings is 1. The van der Waals surface area contributed by atoms with Gasteiger partial charge in [0.2, 0.25) is 0 Å². The van der Waals surface area contributed by atoms with E-state index in [1.165, 1.54) is 9.36 Å². The van der Waals surface area contributed by atoms with Gasteiger partial charge in [-0.1, -0.05) is 17.7 Å². The number of nitrogens with zero attached hydrogens (tertiary/aromatic N) is 3. The summed E-state index contributed by atoms with van der Waals surface area (Å²) in [6.07, 6.45) is 1.63. The second kappa shape index (κ2) is 8.73. The van der Waals surface area contributed by atoms with E-state index in [0.717, 1.165) is 28.1 Å². The molecule has 0 bridgehead atoms. The predicted octanol–water partition coefficient (Wildman–Crippen LogP) is 4.51. The summed E-state index contributed by atoms with van der Waals surface area (Å²) in [5, 5.41) is 3.55. The average Bonchev–Trinajstić information content (AvgIpc) is 2.77. The SMILES string of the molecule is CCOc1cccc(-n2[nH]n(C)c2=O)c1COc1ccc(-c2ccc(Cl)cn2)cc1C. The molecule has 2 aromatic carbocycles. The molecule has 0 radical (unpaired) electrons. The molecule has 0 aliphatic heterocycles. The summed E-state index contributed by atoms with van der Waals surface area (Å²) >= 11 is 5.93. The number of benzene rings is 2. The maximum Gasteiger partial charge on any atom is 0.364 e. The molecule has 8 heteroatoms. The molecule has 0 atom stereocenters. The van der Waals surface area contributed by atoms with Crippen LogP contribution in [0, 0.1) is 6.92 Å². The van der Waals surface area contributed by atoms with Crippen LogP contribution in [0.15, 0.2) is 59.5 Å². The number of nitrogens with one attached hydrogen (secondary N) is 1. The Morgan fingerprint density at radius 2 is 1.94 bits per heavy atom. The van der Waals surface area contributed by atoms with Crippen LogP contribution in [-0.4, -0.2) is 26.2 Å². The summed E-state index contributed by atoms with van der Waals surface area (Å²) in [4.78, 5) is 16.6. The zero-order valence-electron chi connectivity index (χ0n) is 17.6. The molecule has 4 aromatic rings. The standard InChI is InChI=1S/C23H23ClN4O3/c1-4-30-22-7-5-6-20(28-23(29)27(3)26-28)18(22)14-31-21-11-8-16(12-15(21)2)19-10-9-17(24)13-25-19/h5-13,26H,4,14H2,1-3H3. The fourth-order valence-corrected chi connectivity index (χ4v) is 3.48. The number of hydrogen-bond donors (Lipinski definition) is 1. The van der Waals surface area contributed by atoms with Crippen LogP contribution >= 0.6 is 11.6 Å². The van der Waals surface area contributed by atoms with Crippen LogP contribution < -0.4 is 15.2 Å². The van der Waals surface area contributed by atoms with Gasteiger partial charge < -0.3 is 9.47 Å². The predicted molar refractivity (Wildman–Crippen MR) is 120 cm³/mol. The second-order valence-corrected chi connectivity index (χ2v) is 7.53. The highest BCUT2D eigenvalue weighted by Gasteiger charge is 2.17. The highest BCUT2D eigenvalue weighted by molar-refractivity contribution is 6.30. The van der Waals surface area contributed by atoms with Gasteiger partial charge in [0.1, 0.15) is 18.1 Å². The Morgan fingerprint density at radius 3 is 2.58 bits per heavy atom. The number of rotatable bonds is 7. The number of halogens is 1. The number of aromatic amines is 1. The maximum absolute atomic E-state index is 12.2. The third-order valence-corrected chi connectivity index (χ3v) is 5.17. The first-order valence-electron chi connectivity index (χ1n) is 9.92. The van der Waals surface area contributed by atoms with Crippen molar-refractivity contribution in [3.8, 4) is 28.4 Å². The second-order valence-electron chi connectivity index (χ2n) is 7.09. The van der Waals surface area contributed by atoms with Gasteiger partial charge in [-0.2, -0.15) is 4.68 Å². The molecular weight excluding hydrogens is 416 g/mol. The maximum atomic E-state index is 12.2. The highest BCUT2D eigenvalue weighted by Crippen LogP contribution is 2.29. The number of aromatic nitrogens is 4. The molecule has 7 nitrogen and oxygen atoms in total. The van der Waals surface area contributed by atoms with Gasteiger partial charge >= 0.3 is 5.69 Å². The summed E-state index contributed by atoms with van der Waals surface area (Å²) < 4.78 is 14.8. The van der Waals surface area contributed by atoms with E-state index in [1.54, 1.807) is 13.2 Å². The van der Waals surface area contributed by atoms with Crippen LogP contribution in [0.1, 0.15) is 18.1 Å². The Balaban J connectivity index is 1.61. The molecule has 0 amide bonds. The van der Waals surface area contributed by atoms with E-state index in [2.05, 4.69) is 10.2 Å². The normalized spacial score (nSPS) is 11.0. The number of hydrogen-bond acceptors (Lipinski definition) is 4. The minimum atomic E-state index is -0.147. The van der Waals surface area contributed by atoms with Crippen molar-refractivity contribution in [2.45, 2.75) is 20.5 Å². The Labute approximate surface area is 184 Å². The highest BCUT2D eigenvalue weighted by atomic mass is 35.5. The van der Waals surface area contributed by atoms with Crippen molar-refractivity contribution in [3.63, 3.8) is 0 Å². The van der Waals surface area contributed by atoms with Crippen LogP contribution in [-0.2, 0) is 13.7 Å². The molecule has 31 heavy (non-hydrogen) atoms. The fraction of sp³-hybridized carbons (Fsp3) is 0.217. The zero-order chi connectivity index (χ0) is 22.0. The first-order chi connectivity index (χ1) is 15.0. The first kappa shape index (κ1) is 20.8. The van der Waals surface area contributed by atoms with E-state index < -0.39 is 0 Å². The fourth-order valence-electron chi connectivity index (χ4n) is 3.36. The lowest BCUT2D eigenvalue weighted by atomic mass is 10.1. The van der Waals surface area contributed by atoms with Crippen molar-refractivity contribution >= 4 is 11.6 Å². The van der Waals surface area contributed by atoms with E-state index in [-0.39, 0.29) is 12.3 Å². The Hall–Kier alpha value is -3.45. The van der Waals surface area contributed by atoms with Crippen molar-refractivity contribution in [1.29, 1.82) is 0 Å². The topological polar surface area (TPSA) is 74.1 Å². The van der Waals surface area contributed by atoms with Gasteiger partial charge in [0.15, 0.2) is 0 Å². The Bertz CT molecular complexity index is 1250. The lowest BCUT2D eigenvalue weighted by Gasteiger charge is -2.20. The van der Waals surface area contributed by atoms with Crippen molar-refractivity contribution in [2.24, 2.45) is 7.05 Å². The molecule has 1 N–H and O–H groups in total. The van der Waals surface area contributed by atoms with Crippen LogP contribution in [0.2, 0.25) is 5.02 Å². The van der Waals surface area contributed by atoms with Gasteiger partial charge in [-0.05, 0) is 61.9 Å². The Morgan fingerprint density at radius 1 is 1.10 bits per heavy atom. The summed E-state index contributed by atoms with van der Waals surface area (Å²) in [5.41, 5.74) is 4.15. The van der Waals surface area contributed by atoms with Crippen LogP contribution in [0.3, 0.4) is 0 Å². The molecule has 0 spiro atoms. The molecule has 0 fully saturated rings. The lowest BCUT2D eigenvalue weighted by Crippen LogP contribution is -2.40. The molecule has 2 heterocycles. The first-order valence-corrected chi connectivity index (χ1v) is 10.3. The van der Waals surface area contributed by atoms with E-state index in [9.17, 15) is 4.79 Å². The van der Waals surface area contributed by atoms with Gasteiger partial charge in [0.25, 0.3) is 0 Å². The largest absolute Gasteiger partial charge is 0.493 e. The molecule has 0 aliphatic carbocycles. The molecule has 160 valence electrons. The van der Waals surface area contributed by atoms with Crippen LogP contribution in [0.25, 0.3) is 16.9 Å². The molecule has 0 aliphatic rings. The summed E-state index contributed by atoms with van der Waals surface area (Å²) in [6.45, 7) is 4.67. The number of aryl methyl sites for hydroxylation is 2. The van der Waals surface area contributed by atoms with Gasteiger partial charge in [-0.25, -0.2) is 14.7 Å². The molecule has 0 saturated heterocycles. The van der Waals surface area contributed by atoms with E-state index in [1.807, 2.05) is 62.4 Å². The third kappa shape index (κ3) is 4.22. The molecule has 0 saturated carbocycles. The molecule has 4 rings (SSSR count). The zero-order valence-corrected chi connectivity index (χ0v) is 18.3. The van der Waals surface area contributed by atoms with Gasteiger partial charge in [-0.3, -0.25) is 4.98 Å². The van der Waals surface area contributed by atoms with Crippen molar-refractivity contribution < 1.29 is 9.47 Å². The lowest BCUT2D eigenvalue weighted by molar-refractivity contribution is 0.283.